The number of rotatable bonds is 9. The Bertz CT molecular complexity index is 1590. The van der Waals surface area contributed by atoms with Crippen molar-refractivity contribution in [3.63, 3.8) is 0 Å². The van der Waals surface area contributed by atoms with E-state index in [1.165, 1.54) is 0 Å². The van der Waals surface area contributed by atoms with Crippen molar-refractivity contribution in [2.45, 2.75) is 166 Å². The van der Waals surface area contributed by atoms with Crippen LogP contribution >= 0.6 is 0 Å². The molecule has 7 rings (SSSR count). The Kier molecular flexibility index (Phi) is 12.1. The summed E-state index contributed by atoms with van der Waals surface area (Å²) in [7, 11) is 0. The van der Waals surface area contributed by atoms with Crippen molar-refractivity contribution in [3.05, 3.63) is 11.6 Å². The van der Waals surface area contributed by atoms with Crippen LogP contribution in [0.2, 0.25) is 0 Å². The monoisotopic (exact) mass is 844 g/mol. The van der Waals surface area contributed by atoms with Crippen LogP contribution < -0.4 is 0 Å². The number of hydrogen-bond donors (Lipinski definition) is 12. The second-order valence-corrected chi connectivity index (χ2v) is 20.7. The third-order valence-corrected chi connectivity index (χ3v) is 17.4. The van der Waals surface area contributed by atoms with E-state index >= 15 is 0 Å². The molecule has 20 atom stereocenters. The lowest BCUT2D eigenvalue weighted by molar-refractivity contribution is -0.358. The molecule has 5 aliphatic carbocycles. The topological polar surface area (TPSA) is 297 Å². The highest BCUT2D eigenvalue weighted by Gasteiger charge is 2.73. The number of carbonyl (C=O) groups is 1. The zero-order valence-corrected chi connectivity index (χ0v) is 34.7. The molecule has 6 fully saturated rings. The van der Waals surface area contributed by atoms with Gasteiger partial charge in [-0.05, 0) is 90.8 Å². The Hall–Kier alpha value is -1.39. The van der Waals surface area contributed by atoms with Crippen molar-refractivity contribution in [3.8, 4) is 0 Å². The Morgan fingerprint density at radius 1 is 0.746 bits per heavy atom. The molecule has 0 radical (unpaired) electrons. The maximum absolute atomic E-state index is 13.1. The summed E-state index contributed by atoms with van der Waals surface area (Å²) in [4.78, 5) is 13.1. The first kappa shape index (κ1) is 45.6. The summed E-state index contributed by atoms with van der Waals surface area (Å²) < 4.78 is 23.2. The molecule has 4 saturated carbocycles. The third-order valence-electron chi connectivity index (χ3n) is 17.4. The first-order chi connectivity index (χ1) is 27.5. The summed E-state index contributed by atoms with van der Waals surface area (Å²) in [6, 6.07) is 0. The maximum atomic E-state index is 13.1. The average Bonchev–Trinajstić information content (AvgIpc) is 3.17. The number of carboxylic acids is 1. The molecule has 0 aromatic carbocycles. The number of carboxylic acid groups (broad SMARTS) is 1. The molecule has 2 saturated heterocycles. The van der Waals surface area contributed by atoms with Gasteiger partial charge in [0.15, 0.2) is 12.6 Å². The highest BCUT2D eigenvalue weighted by atomic mass is 16.7. The summed E-state index contributed by atoms with van der Waals surface area (Å²) in [6.07, 6.45) is -14.4. The van der Waals surface area contributed by atoms with E-state index in [-0.39, 0.29) is 30.1 Å². The Morgan fingerprint density at radius 2 is 1.36 bits per heavy atom. The molecule has 0 amide bonds. The fraction of sp³-hybridized carbons (Fsp3) is 0.929. The quantitative estimate of drug-likeness (QED) is 0.0956. The Balaban J connectivity index is 1.15. The summed E-state index contributed by atoms with van der Waals surface area (Å²) in [6.45, 7) is 8.18. The number of allylic oxidation sites excluding steroid dienone is 2. The minimum Gasteiger partial charge on any atom is -0.481 e. The normalized spacial score (nSPS) is 52.9. The van der Waals surface area contributed by atoms with Crippen molar-refractivity contribution >= 4 is 5.97 Å². The van der Waals surface area contributed by atoms with Gasteiger partial charge in [0, 0.05) is 5.41 Å². The molecule has 59 heavy (non-hydrogen) atoms. The second kappa shape index (κ2) is 15.7. The number of ether oxygens (including phenoxy) is 4. The standard InChI is InChI=1S/C42H68O17/c1-37(2)10-11-42(36(54)55)20(12-37)19-6-7-24-38(3)13-21(46)33(41(17-44,18-45)25(38)8-9-39(24,4)40(19,5)14-26(42)47)59-35-32(53)30(51)28(49)23(58-35)16-56-34-31(52)29(50)27(48)22(15-43)57-34/h6,20-35,43-53H,7-18H2,1-5H3,(H,54,55)/t20-,21-,22+,23+,24+,25+,26+,27+,28+,29-,30-,31+,32+,33-,34+,35-,38+,39+,40+,42+/m0/s1. The Labute approximate surface area is 344 Å². The fourth-order valence-corrected chi connectivity index (χ4v) is 13.8. The average molecular weight is 845 g/mol. The maximum Gasteiger partial charge on any atom is 0.312 e. The van der Waals surface area contributed by atoms with Crippen LogP contribution in [0.5, 0.6) is 0 Å². The molecule has 17 nitrogen and oxygen atoms in total. The predicted molar refractivity (Wildman–Crippen MR) is 204 cm³/mol. The van der Waals surface area contributed by atoms with Crippen LogP contribution in [0.1, 0.15) is 86.0 Å². The zero-order valence-electron chi connectivity index (χ0n) is 34.7. The van der Waals surface area contributed by atoms with Crippen molar-refractivity contribution in [2.24, 2.45) is 50.2 Å². The first-order valence-electron chi connectivity index (χ1n) is 21.3. The molecule has 338 valence electrons. The van der Waals surface area contributed by atoms with E-state index in [1.54, 1.807) is 0 Å². The highest BCUT2D eigenvalue weighted by molar-refractivity contribution is 5.77. The van der Waals surface area contributed by atoms with Crippen molar-refractivity contribution in [1.82, 2.24) is 0 Å². The van der Waals surface area contributed by atoms with Crippen LogP contribution in [0.3, 0.4) is 0 Å². The number of aliphatic hydroxyl groups is 11. The smallest absolute Gasteiger partial charge is 0.312 e. The van der Waals surface area contributed by atoms with E-state index in [1.807, 2.05) is 0 Å². The van der Waals surface area contributed by atoms with Crippen LogP contribution in [0.15, 0.2) is 11.6 Å². The second-order valence-electron chi connectivity index (χ2n) is 20.7. The van der Waals surface area contributed by atoms with Gasteiger partial charge in [0.05, 0.1) is 44.7 Å². The van der Waals surface area contributed by atoms with Gasteiger partial charge in [-0.25, -0.2) is 0 Å². The van der Waals surface area contributed by atoms with Gasteiger partial charge in [-0.3, -0.25) is 4.79 Å². The van der Waals surface area contributed by atoms with E-state index < -0.39 is 145 Å². The van der Waals surface area contributed by atoms with Crippen LogP contribution in [0.25, 0.3) is 0 Å². The largest absolute Gasteiger partial charge is 0.481 e. The molecular formula is C42H68O17. The predicted octanol–water partition coefficient (Wildman–Crippen LogP) is -1.23. The van der Waals surface area contributed by atoms with E-state index in [2.05, 4.69) is 40.7 Å². The minimum absolute atomic E-state index is 0.116. The van der Waals surface area contributed by atoms with Crippen LogP contribution in [0, 0.1) is 50.2 Å². The molecule has 0 aromatic heterocycles. The van der Waals surface area contributed by atoms with Crippen molar-refractivity contribution < 1.29 is 85.0 Å². The molecule has 0 spiro atoms. The van der Waals surface area contributed by atoms with E-state index in [9.17, 15) is 66.1 Å². The van der Waals surface area contributed by atoms with Gasteiger partial charge in [0.1, 0.15) is 54.2 Å². The first-order valence-corrected chi connectivity index (χ1v) is 21.3. The van der Waals surface area contributed by atoms with Gasteiger partial charge in [0.25, 0.3) is 0 Å². The van der Waals surface area contributed by atoms with Crippen LogP contribution in [0.4, 0.5) is 0 Å². The van der Waals surface area contributed by atoms with Gasteiger partial charge >= 0.3 is 5.97 Å². The molecular weight excluding hydrogens is 776 g/mol. The molecule has 17 heteroatoms. The van der Waals surface area contributed by atoms with E-state index in [0.29, 0.717) is 38.5 Å². The molecule has 7 aliphatic rings. The Morgan fingerprint density at radius 3 is 1.97 bits per heavy atom. The number of hydrogen-bond acceptors (Lipinski definition) is 16. The van der Waals surface area contributed by atoms with Crippen molar-refractivity contribution in [1.29, 1.82) is 0 Å². The fourth-order valence-electron chi connectivity index (χ4n) is 13.8. The lowest BCUT2D eigenvalue weighted by atomic mass is 9.33. The van der Waals surface area contributed by atoms with Gasteiger partial charge < -0.3 is 80.2 Å². The molecule has 2 aliphatic heterocycles. The van der Waals surface area contributed by atoms with Gasteiger partial charge in [-0.1, -0.05) is 46.3 Å². The molecule has 0 unspecified atom stereocenters. The molecule has 0 bridgehead atoms. The lowest BCUT2D eigenvalue weighted by Gasteiger charge is -2.72. The number of aliphatic hydroxyl groups excluding tert-OH is 11. The number of fused-ring (bicyclic) bond motifs is 7. The van der Waals surface area contributed by atoms with Gasteiger partial charge in [-0.15, -0.1) is 0 Å². The molecule has 12 N–H and O–H groups in total. The zero-order chi connectivity index (χ0) is 43.4. The summed E-state index contributed by atoms with van der Waals surface area (Å²) in [5.41, 5.74) is -3.59. The number of aliphatic carboxylic acids is 1. The summed E-state index contributed by atoms with van der Waals surface area (Å²) >= 11 is 0. The van der Waals surface area contributed by atoms with Crippen LogP contribution in [-0.2, 0) is 23.7 Å². The van der Waals surface area contributed by atoms with Gasteiger partial charge in [-0.2, -0.15) is 0 Å². The van der Waals surface area contributed by atoms with Crippen molar-refractivity contribution in [2.75, 3.05) is 26.4 Å². The molecule has 2 heterocycles. The minimum atomic E-state index is -1.86. The summed E-state index contributed by atoms with van der Waals surface area (Å²) in [5, 5.41) is 131. The SMILES string of the molecule is CC1(C)CC[C@]2(C(=O)O)[C@H](O)C[C@]3(C)C(=CC[C@@H]4[C@@]5(C)C[C@H](O)[C@H](O[C@@H]6O[C@H](CO[C@@H]7O[C@H](CO)[C@@H](O)[C@H](O)[C@H]7O)[C@@H](O)[C@H](O)[C@H]6O)C(CO)(CO)[C@@H]5CC[C@]43C)[C@@H]2C1. The molecule has 0 aromatic rings. The van der Waals surface area contributed by atoms with Crippen LogP contribution in [-0.4, -0.2) is 173 Å². The highest BCUT2D eigenvalue weighted by Crippen LogP contribution is 2.76. The van der Waals surface area contributed by atoms with E-state index in [0.717, 1.165) is 5.57 Å². The van der Waals surface area contributed by atoms with Gasteiger partial charge in [0.2, 0.25) is 0 Å². The summed E-state index contributed by atoms with van der Waals surface area (Å²) in [5.74, 6) is -1.90. The lowest BCUT2D eigenvalue weighted by Crippen LogP contribution is -2.71. The van der Waals surface area contributed by atoms with E-state index in [4.69, 9.17) is 18.9 Å². The third kappa shape index (κ3) is 6.63.